The van der Waals surface area contributed by atoms with Crippen molar-refractivity contribution in [2.45, 2.75) is 50.2 Å². The number of hydrogen-bond acceptors (Lipinski definition) is 5. The molecule has 0 unspecified atom stereocenters. The number of aliphatic hydroxyl groups is 1. The molecule has 2 N–H and O–H groups in total. The average Bonchev–Trinajstić information content (AvgIpc) is 3.48. The molecule has 2 aliphatic rings. The quantitative estimate of drug-likeness (QED) is 0.187. The van der Waals surface area contributed by atoms with Crippen LogP contribution in [-0.4, -0.2) is 44.8 Å². The van der Waals surface area contributed by atoms with Crippen LogP contribution in [0.3, 0.4) is 0 Å². The first-order valence-corrected chi connectivity index (χ1v) is 19.5. The van der Waals surface area contributed by atoms with Gasteiger partial charge in [-0.1, -0.05) is 83.6 Å². The van der Waals surface area contributed by atoms with Gasteiger partial charge in [-0.25, -0.2) is 0 Å². The molecule has 2 aliphatic heterocycles. The van der Waals surface area contributed by atoms with Gasteiger partial charge < -0.3 is 24.8 Å². The lowest BCUT2D eigenvalue weighted by Gasteiger charge is -2.37. The maximum absolute atomic E-state index is 14.8. The highest BCUT2D eigenvalue weighted by Crippen LogP contribution is 2.60. The van der Waals surface area contributed by atoms with Gasteiger partial charge in [0.2, 0.25) is 0 Å². The zero-order valence-corrected chi connectivity index (χ0v) is 29.1. The van der Waals surface area contributed by atoms with Crippen molar-refractivity contribution >= 4 is 52.4 Å². The highest BCUT2D eigenvalue weighted by Gasteiger charge is 2.66. The van der Waals surface area contributed by atoms with Crippen LogP contribution in [0.5, 0.6) is 5.75 Å². The first-order valence-electron chi connectivity index (χ1n) is 15.6. The molecule has 2 amide bonds. The Kier molecular flexibility index (Phi) is 8.95. The average molecular weight is 700 g/mol. The monoisotopic (exact) mass is 698 g/mol. The molecule has 0 bridgehead atoms. The Labute approximate surface area is 279 Å². The van der Waals surface area contributed by atoms with Crippen molar-refractivity contribution in [3.8, 4) is 5.75 Å². The minimum atomic E-state index is -2.25. The molecule has 0 saturated carbocycles. The minimum absolute atomic E-state index is 0.0204. The third kappa shape index (κ3) is 5.59. The number of rotatable bonds is 9. The van der Waals surface area contributed by atoms with Gasteiger partial charge in [0.25, 0.3) is 11.8 Å². The van der Waals surface area contributed by atoms with E-state index in [0.717, 1.165) is 27.0 Å². The van der Waals surface area contributed by atoms with Gasteiger partial charge in [0.15, 0.2) is 5.60 Å². The van der Waals surface area contributed by atoms with E-state index in [1.165, 1.54) is 5.19 Å². The van der Waals surface area contributed by atoms with Crippen molar-refractivity contribution in [2.75, 3.05) is 23.9 Å². The van der Waals surface area contributed by atoms with Crippen LogP contribution in [0.1, 0.15) is 34.8 Å². The highest BCUT2D eigenvalue weighted by molar-refractivity contribution is 9.10. The van der Waals surface area contributed by atoms with Gasteiger partial charge in [0.05, 0.1) is 33.5 Å². The zero-order valence-electron chi connectivity index (χ0n) is 26.5. The number of carbonyl (C=O) groups excluding carboxylic acids is 2. The normalized spacial score (nSPS) is 22.3. The van der Waals surface area contributed by atoms with E-state index < -0.39 is 13.7 Å². The van der Waals surface area contributed by atoms with Crippen molar-refractivity contribution in [2.24, 2.45) is 5.92 Å². The van der Waals surface area contributed by atoms with Gasteiger partial charge in [0.1, 0.15) is 5.75 Å². The number of ether oxygens (including phenoxy) is 2. The second-order valence-corrected chi connectivity index (χ2v) is 18.3. The summed E-state index contributed by atoms with van der Waals surface area (Å²) in [4.78, 5) is 29.3. The summed E-state index contributed by atoms with van der Waals surface area (Å²) in [5.74, 6) is 0.401. The van der Waals surface area contributed by atoms with Crippen molar-refractivity contribution in [3.05, 3.63) is 118 Å². The molecule has 4 aromatic carbocycles. The Balaban J connectivity index is 1.31. The predicted molar refractivity (Wildman–Crippen MR) is 187 cm³/mol. The second-order valence-electron chi connectivity index (χ2n) is 12.7. The van der Waals surface area contributed by atoms with E-state index in [4.69, 9.17) is 9.47 Å². The molecule has 6 rings (SSSR count). The van der Waals surface area contributed by atoms with Crippen LogP contribution in [0, 0.1) is 5.92 Å². The topological polar surface area (TPSA) is 88.1 Å². The van der Waals surface area contributed by atoms with Gasteiger partial charge in [-0.05, 0) is 72.1 Å². The predicted octanol–water partition coefficient (Wildman–Crippen LogP) is 6.86. The van der Waals surface area contributed by atoms with Crippen molar-refractivity contribution in [1.82, 2.24) is 0 Å². The Hall–Kier alpha value is -3.76. The second kappa shape index (κ2) is 12.8. The number of aliphatic hydroxyl groups excluding tert-OH is 1. The van der Waals surface area contributed by atoms with Crippen LogP contribution in [-0.2, 0) is 21.7 Å². The summed E-state index contributed by atoms with van der Waals surface area (Å²) in [6.07, 6.45) is 0.169. The number of nitrogens with one attached hydrogen (secondary N) is 1. The molecule has 9 heteroatoms. The lowest BCUT2D eigenvalue weighted by Crippen LogP contribution is -2.51. The first-order chi connectivity index (χ1) is 22.1. The highest BCUT2D eigenvalue weighted by atomic mass is 79.9. The number of hydrogen-bond donors (Lipinski definition) is 2. The van der Waals surface area contributed by atoms with E-state index in [1.54, 1.807) is 19.2 Å². The lowest BCUT2D eigenvalue weighted by molar-refractivity contribution is -0.146. The van der Waals surface area contributed by atoms with E-state index >= 15 is 0 Å². The number of halogens is 1. The summed E-state index contributed by atoms with van der Waals surface area (Å²) in [7, 11) is -0.589. The molecule has 1 spiro atoms. The van der Waals surface area contributed by atoms with Crippen LogP contribution in [0.25, 0.3) is 0 Å². The summed E-state index contributed by atoms with van der Waals surface area (Å²) in [6, 6.07) is 30.9. The Morgan fingerprint density at radius 2 is 1.72 bits per heavy atom. The number of fused-ring (bicyclic) bond motifs is 2. The molecule has 0 aliphatic carbocycles. The third-order valence-electron chi connectivity index (χ3n) is 9.80. The molecular formula is C37H39BrN2O5Si. The van der Waals surface area contributed by atoms with E-state index in [0.29, 0.717) is 24.2 Å². The van der Waals surface area contributed by atoms with E-state index in [-0.39, 0.29) is 36.0 Å². The molecule has 7 nitrogen and oxygen atoms in total. The fraction of sp³-hybridized carbons (Fsp3) is 0.297. The van der Waals surface area contributed by atoms with Gasteiger partial charge >= 0.3 is 0 Å². The van der Waals surface area contributed by atoms with E-state index in [2.05, 4.69) is 53.4 Å². The Morgan fingerprint density at radius 1 is 1.02 bits per heavy atom. The molecule has 0 aromatic heterocycles. The van der Waals surface area contributed by atoms with Crippen molar-refractivity contribution in [1.29, 1.82) is 0 Å². The van der Waals surface area contributed by atoms with Crippen LogP contribution < -0.4 is 20.1 Å². The van der Waals surface area contributed by atoms with Crippen molar-refractivity contribution in [3.63, 3.8) is 0 Å². The molecule has 0 radical (unpaired) electrons. The van der Waals surface area contributed by atoms with Crippen LogP contribution >= 0.6 is 15.9 Å². The third-order valence-corrected chi connectivity index (χ3v) is 14.7. The number of anilines is 2. The zero-order chi connectivity index (χ0) is 32.6. The van der Waals surface area contributed by atoms with Crippen LogP contribution in [0.2, 0.25) is 18.6 Å². The largest absolute Gasteiger partial charge is 0.497 e. The summed E-state index contributed by atoms with van der Waals surface area (Å²) < 4.78 is 13.3. The molecule has 4 atom stereocenters. The molecule has 238 valence electrons. The minimum Gasteiger partial charge on any atom is -0.497 e. The Bertz CT molecular complexity index is 1730. The fourth-order valence-corrected chi connectivity index (χ4v) is 11.9. The smallest absolute Gasteiger partial charge is 0.264 e. The molecular weight excluding hydrogens is 660 g/mol. The maximum atomic E-state index is 14.8. The van der Waals surface area contributed by atoms with Crippen LogP contribution in [0.4, 0.5) is 11.4 Å². The van der Waals surface area contributed by atoms with Gasteiger partial charge in [-0.2, -0.15) is 0 Å². The Morgan fingerprint density at radius 3 is 2.37 bits per heavy atom. The summed E-state index contributed by atoms with van der Waals surface area (Å²) >= 11 is 3.65. The maximum Gasteiger partial charge on any atom is 0.264 e. The molecule has 4 aromatic rings. The summed E-state index contributed by atoms with van der Waals surface area (Å²) in [5, 5.41) is 14.3. The SMILES string of the molecule is COc1ccc([Si](C)(C)[C@H]2[C@H](CCO)O[C@@]3(C(=O)N(Cc4ccc(NC(=O)c5ccccc5)cc4)c4ccc(Br)cc43)[C@@H]2C)cc1. The molecule has 2 heterocycles. The number of benzene rings is 4. The summed E-state index contributed by atoms with van der Waals surface area (Å²) in [6.45, 7) is 7.15. The standard InChI is InChI=1S/C37H39BrN2O5Si/c1-24-34(46(3,4)30-17-15-29(44-2)16-18-30)33(20-21-41)45-37(24)31-22-27(38)12-19-32(31)40(36(37)43)23-25-10-13-28(14-11-25)39-35(42)26-8-6-5-7-9-26/h5-19,22,24,33-34,41H,20-21,23H2,1-4H3,(H,39,42)/t24-,33+,34-,37+/m1/s1. The van der Waals surface area contributed by atoms with E-state index in [9.17, 15) is 14.7 Å². The first kappa shape index (κ1) is 32.2. The van der Waals surface area contributed by atoms with Gasteiger partial charge in [0, 0.05) is 33.8 Å². The number of methoxy groups -OCH3 is 1. The number of amides is 2. The molecule has 1 fully saturated rings. The summed E-state index contributed by atoms with van der Waals surface area (Å²) in [5.41, 5.74) is 2.77. The van der Waals surface area contributed by atoms with Gasteiger partial charge in [-0.15, -0.1) is 0 Å². The molecule has 1 saturated heterocycles. The lowest BCUT2D eigenvalue weighted by atomic mass is 9.82. The van der Waals surface area contributed by atoms with E-state index in [1.807, 2.05) is 77.7 Å². The van der Waals surface area contributed by atoms with Crippen molar-refractivity contribution < 1.29 is 24.2 Å². The molecule has 46 heavy (non-hydrogen) atoms. The fourth-order valence-electron chi connectivity index (χ4n) is 7.51. The number of carbonyl (C=O) groups is 2. The van der Waals surface area contributed by atoms with Gasteiger partial charge in [-0.3, -0.25) is 9.59 Å². The number of nitrogens with zero attached hydrogens (tertiary/aromatic N) is 1. The van der Waals surface area contributed by atoms with Crippen LogP contribution in [0.15, 0.2) is 102 Å².